The Labute approximate surface area is 94.6 Å². The van der Waals surface area contributed by atoms with Crippen LogP contribution in [0.3, 0.4) is 0 Å². The van der Waals surface area contributed by atoms with Crippen LogP contribution in [0.2, 0.25) is 0 Å². The van der Waals surface area contributed by atoms with Crippen molar-refractivity contribution >= 4 is 15.7 Å². The third kappa shape index (κ3) is 3.30. The molecule has 0 spiro atoms. The Morgan fingerprint density at radius 2 is 2.12 bits per heavy atom. The number of carbonyl (C=O) groups excluding carboxylic acids is 1. The van der Waals surface area contributed by atoms with E-state index in [1.807, 2.05) is 0 Å². The molecule has 0 fully saturated rings. The van der Waals surface area contributed by atoms with Crippen LogP contribution in [0.15, 0.2) is 23.2 Å². The molecule has 1 aromatic rings. The Balaban J connectivity index is 2.91. The molecule has 5 nitrogen and oxygen atoms in total. The van der Waals surface area contributed by atoms with Crippen LogP contribution in [0.5, 0.6) is 0 Å². The van der Waals surface area contributed by atoms with E-state index in [1.165, 1.54) is 6.07 Å². The summed E-state index contributed by atoms with van der Waals surface area (Å²) < 4.78 is 23.1. The predicted octanol–water partition coefficient (Wildman–Crippen LogP) is 0.293. The second-order valence-electron chi connectivity index (χ2n) is 3.34. The molecule has 1 heterocycles. The lowest BCUT2D eigenvalue weighted by Gasteiger charge is -2.03. The van der Waals surface area contributed by atoms with Crippen LogP contribution < -0.4 is 5.73 Å². The van der Waals surface area contributed by atoms with Gasteiger partial charge in [-0.25, -0.2) is 13.4 Å². The molecule has 0 saturated heterocycles. The highest BCUT2D eigenvalue weighted by molar-refractivity contribution is 7.91. The smallest absolute Gasteiger partial charge is 0.217 e. The number of sulfone groups is 1. The number of rotatable bonds is 5. The fourth-order valence-corrected chi connectivity index (χ4v) is 2.01. The van der Waals surface area contributed by atoms with E-state index in [1.54, 1.807) is 19.1 Å². The van der Waals surface area contributed by atoms with Gasteiger partial charge in [0, 0.05) is 12.1 Å². The molecule has 0 aliphatic rings. The van der Waals surface area contributed by atoms with Gasteiger partial charge < -0.3 is 5.73 Å². The van der Waals surface area contributed by atoms with Gasteiger partial charge in [-0.05, 0) is 18.6 Å². The third-order valence-corrected chi connectivity index (χ3v) is 3.73. The van der Waals surface area contributed by atoms with E-state index in [-0.39, 0.29) is 17.2 Å². The number of nitrogens with two attached hydrogens (primary N) is 1. The Hall–Kier alpha value is -1.43. The van der Waals surface area contributed by atoms with E-state index in [4.69, 9.17) is 5.73 Å². The minimum atomic E-state index is -3.29. The summed E-state index contributed by atoms with van der Waals surface area (Å²) in [7, 11) is -3.29. The van der Waals surface area contributed by atoms with Crippen LogP contribution in [0.1, 0.15) is 19.0 Å². The fourth-order valence-electron chi connectivity index (χ4n) is 1.17. The maximum absolute atomic E-state index is 11.5. The Morgan fingerprint density at radius 1 is 1.44 bits per heavy atom. The molecule has 0 saturated carbocycles. The van der Waals surface area contributed by atoms with Gasteiger partial charge >= 0.3 is 0 Å². The highest BCUT2D eigenvalue weighted by Gasteiger charge is 2.13. The molecule has 88 valence electrons. The minimum absolute atomic E-state index is 0.0132. The van der Waals surface area contributed by atoms with Gasteiger partial charge in [0.2, 0.25) is 5.91 Å². The highest BCUT2D eigenvalue weighted by Crippen LogP contribution is 2.09. The standard InChI is InChI=1S/C10H14N2O3S/c1-2-16(14,15)10-5-3-4-8(12-10)6-7-9(11)13/h3-5H,2,6-7H2,1H3,(H2,11,13). The van der Waals surface area contributed by atoms with Crippen molar-refractivity contribution in [2.24, 2.45) is 5.73 Å². The van der Waals surface area contributed by atoms with E-state index < -0.39 is 15.7 Å². The van der Waals surface area contributed by atoms with E-state index in [0.29, 0.717) is 12.1 Å². The molecular formula is C10H14N2O3S. The van der Waals surface area contributed by atoms with E-state index in [0.717, 1.165) is 0 Å². The number of carbonyl (C=O) groups is 1. The van der Waals surface area contributed by atoms with Crippen molar-refractivity contribution < 1.29 is 13.2 Å². The maximum atomic E-state index is 11.5. The summed E-state index contributed by atoms with van der Waals surface area (Å²) in [5.74, 6) is -0.412. The number of hydrogen-bond donors (Lipinski definition) is 1. The molecule has 2 N–H and O–H groups in total. The summed E-state index contributed by atoms with van der Waals surface area (Å²) in [6.45, 7) is 1.56. The zero-order valence-corrected chi connectivity index (χ0v) is 9.83. The van der Waals surface area contributed by atoms with Gasteiger partial charge in [0.1, 0.15) is 0 Å². The van der Waals surface area contributed by atoms with Crippen molar-refractivity contribution in [3.63, 3.8) is 0 Å². The monoisotopic (exact) mass is 242 g/mol. The molecule has 0 aliphatic heterocycles. The number of pyridine rings is 1. The molecule has 0 aromatic carbocycles. The van der Waals surface area contributed by atoms with Crippen molar-refractivity contribution in [2.45, 2.75) is 24.8 Å². The quantitative estimate of drug-likeness (QED) is 0.803. The average Bonchev–Trinajstić information content (AvgIpc) is 2.27. The van der Waals surface area contributed by atoms with E-state index in [2.05, 4.69) is 4.98 Å². The van der Waals surface area contributed by atoms with Crippen molar-refractivity contribution in [2.75, 3.05) is 5.75 Å². The summed E-state index contributed by atoms with van der Waals surface area (Å²) in [5, 5.41) is 0.0528. The molecule has 6 heteroatoms. The number of aryl methyl sites for hydroxylation is 1. The van der Waals surface area contributed by atoms with Crippen molar-refractivity contribution in [1.29, 1.82) is 0 Å². The van der Waals surface area contributed by atoms with Crippen LogP contribution in [-0.2, 0) is 21.1 Å². The van der Waals surface area contributed by atoms with Gasteiger partial charge in [0.15, 0.2) is 14.9 Å². The minimum Gasteiger partial charge on any atom is -0.370 e. The summed E-state index contributed by atoms with van der Waals surface area (Å²) in [4.78, 5) is 14.6. The summed E-state index contributed by atoms with van der Waals surface area (Å²) in [6, 6.07) is 4.75. The average molecular weight is 242 g/mol. The lowest BCUT2D eigenvalue weighted by Crippen LogP contribution is -2.12. The van der Waals surface area contributed by atoms with Gasteiger partial charge in [0.25, 0.3) is 0 Å². The van der Waals surface area contributed by atoms with Crippen molar-refractivity contribution in [3.05, 3.63) is 23.9 Å². The van der Waals surface area contributed by atoms with Crippen LogP contribution in [0.25, 0.3) is 0 Å². The first kappa shape index (κ1) is 12.6. The van der Waals surface area contributed by atoms with Gasteiger partial charge in [-0.3, -0.25) is 4.79 Å². The molecule has 0 aliphatic carbocycles. The highest BCUT2D eigenvalue weighted by atomic mass is 32.2. The van der Waals surface area contributed by atoms with Crippen LogP contribution >= 0.6 is 0 Å². The van der Waals surface area contributed by atoms with Crippen molar-refractivity contribution in [1.82, 2.24) is 4.98 Å². The second-order valence-corrected chi connectivity index (χ2v) is 5.56. The predicted molar refractivity (Wildman–Crippen MR) is 59.5 cm³/mol. The maximum Gasteiger partial charge on any atom is 0.217 e. The summed E-state index contributed by atoms with van der Waals surface area (Å²) >= 11 is 0. The fraction of sp³-hybridized carbons (Fsp3) is 0.400. The Morgan fingerprint density at radius 3 is 2.69 bits per heavy atom. The topological polar surface area (TPSA) is 90.1 Å². The van der Waals surface area contributed by atoms with Crippen LogP contribution in [-0.4, -0.2) is 25.1 Å². The van der Waals surface area contributed by atoms with Gasteiger partial charge in [-0.2, -0.15) is 0 Å². The molecular weight excluding hydrogens is 228 g/mol. The SMILES string of the molecule is CCS(=O)(=O)c1cccc(CCC(N)=O)n1. The molecule has 1 rings (SSSR count). The molecule has 0 atom stereocenters. The Bertz CT molecular complexity index is 483. The zero-order chi connectivity index (χ0) is 12.2. The molecule has 1 amide bonds. The third-order valence-electron chi connectivity index (χ3n) is 2.11. The summed E-state index contributed by atoms with van der Waals surface area (Å²) in [6.07, 6.45) is 0.533. The number of hydrogen-bond acceptors (Lipinski definition) is 4. The lowest BCUT2D eigenvalue weighted by atomic mass is 10.2. The number of primary amides is 1. The molecule has 1 aromatic heterocycles. The van der Waals surface area contributed by atoms with Crippen molar-refractivity contribution in [3.8, 4) is 0 Å². The first-order valence-corrected chi connectivity index (χ1v) is 6.58. The van der Waals surface area contributed by atoms with E-state index in [9.17, 15) is 13.2 Å². The first-order valence-electron chi connectivity index (χ1n) is 4.92. The largest absolute Gasteiger partial charge is 0.370 e. The molecule has 0 radical (unpaired) electrons. The van der Waals surface area contributed by atoms with Crippen LogP contribution in [0, 0.1) is 0 Å². The number of amides is 1. The first-order chi connectivity index (χ1) is 7.45. The Kier molecular flexibility index (Phi) is 4.00. The van der Waals surface area contributed by atoms with E-state index >= 15 is 0 Å². The lowest BCUT2D eigenvalue weighted by molar-refractivity contribution is -0.118. The molecule has 0 unspecified atom stereocenters. The van der Waals surface area contributed by atoms with Gasteiger partial charge in [0.05, 0.1) is 5.75 Å². The normalized spacial score (nSPS) is 11.3. The summed E-state index contributed by atoms with van der Waals surface area (Å²) in [5.41, 5.74) is 5.57. The number of nitrogens with zero attached hydrogens (tertiary/aromatic N) is 1. The molecule has 0 bridgehead atoms. The van der Waals surface area contributed by atoms with Gasteiger partial charge in [-0.15, -0.1) is 0 Å². The molecule has 16 heavy (non-hydrogen) atoms. The van der Waals surface area contributed by atoms with Crippen LogP contribution in [0.4, 0.5) is 0 Å². The zero-order valence-electron chi connectivity index (χ0n) is 9.01. The number of aromatic nitrogens is 1. The second kappa shape index (κ2) is 5.07. The van der Waals surface area contributed by atoms with Gasteiger partial charge in [-0.1, -0.05) is 13.0 Å².